The number of carbonyl (C=O) groups is 1. The summed E-state index contributed by atoms with van der Waals surface area (Å²) >= 11 is 0.540. The second kappa shape index (κ2) is 11.3. The molecule has 0 saturated carbocycles. The van der Waals surface area contributed by atoms with Gasteiger partial charge in [0.2, 0.25) is 0 Å². The SMILES string of the molecule is CC(C)OC(=O)[C@H](C)NP(=O)(OC[C@H]1S[C@@H](n2ccc(N)nc2=O)C(F)(F)[C@@H]1O)Oc1ccccc1. The molecule has 2 aromatic rings. The van der Waals surface area contributed by atoms with Crippen LogP contribution in [0.2, 0.25) is 0 Å². The number of alkyl halides is 2. The maximum atomic E-state index is 14.9. The number of aliphatic hydroxyl groups excluding tert-OH is 1. The molecule has 1 aliphatic rings. The van der Waals surface area contributed by atoms with Crippen molar-refractivity contribution >= 4 is 31.3 Å². The predicted molar refractivity (Wildman–Crippen MR) is 129 cm³/mol. The van der Waals surface area contributed by atoms with Crippen LogP contribution in [0.3, 0.4) is 0 Å². The first-order valence-electron chi connectivity index (χ1n) is 10.9. The summed E-state index contributed by atoms with van der Waals surface area (Å²) in [4.78, 5) is 27.8. The van der Waals surface area contributed by atoms with Crippen molar-refractivity contribution in [2.45, 2.75) is 55.6 Å². The van der Waals surface area contributed by atoms with Gasteiger partial charge in [-0.1, -0.05) is 18.2 Å². The Morgan fingerprint density at radius 2 is 1.97 bits per heavy atom. The number of nitrogens with two attached hydrogens (primary N) is 1. The van der Waals surface area contributed by atoms with Crippen molar-refractivity contribution in [2.24, 2.45) is 0 Å². The zero-order valence-corrected chi connectivity index (χ0v) is 21.3. The monoisotopic (exact) mass is 548 g/mol. The number of aliphatic hydroxyl groups is 1. The largest absolute Gasteiger partial charge is 0.462 e. The number of aromatic nitrogens is 2. The smallest absolute Gasteiger partial charge is 0.459 e. The van der Waals surface area contributed by atoms with Crippen LogP contribution in [-0.2, 0) is 18.6 Å². The number of hydrogen-bond acceptors (Lipinski definition) is 10. The number of nitrogens with zero attached hydrogens (tertiary/aromatic N) is 2. The lowest BCUT2D eigenvalue weighted by atomic mass is 10.1. The number of thioether (sulfide) groups is 1. The van der Waals surface area contributed by atoms with Gasteiger partial charge < -0.3 is 20.1 Å². The average Bonchev–Trinajstić information content (AvgIpc) is 3.01. The molecule has 1 unspecified atom stereocenters. The lowest BCUT2D eigenvalue weighted by Gasteiger charge is -2.25. The third-order valence-corrected chi connectivity index (χ3v) is 8.10. The fraction of sp³-hybridized carbons (Fsp3) is 0.476. The Morgan fingerprint density at radius 1 is 1.31 bits per heavy atom. The number of para-hydroxylation sites is 1. The van der Waals surface area contributed by atoms with Gasteiger partial charge in [-0.05, 0) is 39.0 Å². The van der Waals surface area contributed by atoms with Crippen LogP contribution in [0, 0.1) is 0 Å². The average molecular weight is 549 g/mol. The van der Waals surface area contributed by atoms with Gasteiger partial charge in [-0.2, -0.15) is 10.1 Å². The molecule has 0 radical (unpaired) electrons. The lowest BCUT2D eigenvalue weighted by molar-refractivity contribution is -0.149. The number of nitrogen functional groups attached to an aromatic ring is 1. The summed E-state index contributed by atoms with van der Waals surface area (Å²) in [6, 6.07) is 7.91. The van der Waals surface area contributed by atoms with Gasteiger partial charge in [0.1, 0.15) is 23.7 Å². The minimum Gasteiger partial charge on any atom is -0.462 e. The first-order valence-corrected chi connectivity index (χ1v) is 13.3. The van der Waals surface area contributed by atoms with E-state index in [1.165, 1.54) is 25.1 Å². The van der Waals surface area contributed by atoms with E-state index in [2.05, 4.69) is 10.1 Å². The van der Waals surface area contributed by atoms with Crippen LogP contribution >= 0.6 is 19.5 Å². The van der Waals surface area contributed by atoms with Gasteiger partial charge in [0.15, 0.2) is 5.37 Å². The van der Waals surface area contributed by atoms with Crippen molar-refractivity contribution in [3.8, 4) is 5.75 Å². The summed E-state index contributed by atoms with van der Waals surface area (Å²) in [5, 5.41) is 9.62. The van der Waals surface area contributed by atoms with Crippen LogP contribution < -0.4 is 21.0 Å². The molecule has 1 fully saturated rings. The van der Waals surface area contributed by atoms with Gasteiger partial charge >= 0.3 is 25.3 Å². The van der Waals surface area contributed by atoms with Crippen molar-refractivity contribution < 1.29 is 37.0 Å². The Hall–Kier alpha value is -2.51. The first kappa shape index (κ1) is 28.1. The second-order valence-electron chi connectivity index (χ2n) is 8.22. The minimum atomic E-state index is -4.34. The topological polar surface area (TPSA) is 155 Å². The molecule has 11 nitrogen and oxygen atoms in total. The van der Waals surface area contributed by atoms with E-state index in [0.717, 1.165) is 6.20 Å². The van der Waals surface area contributed by atoms with Crippen molar-refractivity contribution in [3.05, 3.63) is 53.1 Å². The van der Waals surface area contributed by atoms with Crippen LogP contribution in [-0.4, -0.2) is 56.7 Å². The molecule has 4 N–H and O–H groups in total. The van der Waals surface area contributed by atoms with Crippen molar-refractivity contribution in [1.29, 1.82) is 0 Å². The highest BCUT2D eigenvalue weighted by atomic mass is 32.2. The Balaban J connectivity index is 1.79. The van der Waals surface area contributed by atoms with Crippen LogP contribution in [0.25, 0.3) is 0 Å². The minimum absolute atomic E-state index is 0.125. The number of anilines is 1. The molecule has 15 heteroatoms. The number of hydrogen-bond donors (Lipinski definition) is 3. The van der Waals surface area contributed by atoms with Gasteiger partial charge in [-0.25, -0.2) is 18.1 Å². The van der Waals surface area contributed by atoms with Gasteiger partial charge in [-0.15, -0.1) is 11.8 Å². The van der Waals surface area contributed by atoms with E-state index >= 15 is 0 Å². The lowest BCUT2D eigenvalue weighted by Crippen LogP contribution is -2.42. The number of esters is 1. The summed E-state index contributed by atoms with van der Waals surface area (Å²) in [6.07, 6.45) is -1.64. The molecule has 5 atom stereocenters. The number of nitrogens with one attached hydrogen (secondary N) is 1. The van der Waals surface area contributed by atoms with Gasteiger partial charge in [0, 0.05) is 6.20 Å². The summed E-state index contributed by atoms with van der Waals surface area (Å²) in [6.45, 7) is 3.98. The molecule has 0 amide bonds. The zero-order valence-electron chi connectivity index (χ0n) is 19.6. The highest BCUT2D eigenvalue weighted by Crippen LogP contribution is 2.53. The fourth-order valence-electron chi connectivity index (χ4n) is 3.22. The molecule has 0 spiro atoms. The standard InChI is InChI=1S/C21H27F2N4O7PS/c1-12(2)33-18(29)13(3)26-35(31,34-14-7-5-4-6-8-14)32-11-15-17(28)21(22,23)19(36-15)27-10-9-16(24)25-20(27)30/h4-10,12-13,15,17,19,28H,11H2,1-3H3,(H,26,31)(H2,24,25,30)/t13-,15+,17+,19+,35?/m0/s1. The van der Waals surface area contributed by atoms with Crippen LogP contribution in [0.15, 0.2) is 47.4 Å². The van der Waals surface area contributed by atoms with E-state index in [-0.39, 0.29) is 11.6 Å². The Labute approximate surface area is 209 Å². The third kappa shape index (κ3) is 6.62. The predicted octanol–water partition coefficient (Wildman–Crippen LogP) is 2.57. The number of benzene rings is 1. The number of rotatable bonds is 10. The summed E-state index contributed by atoms with van der Waals surface area (Å²) < 4.78 is 60.0. The fourth-order valence-corrected chi connectivity index (χ4v) is 6.25. The van der Waals surface area contributed by atoms with Gasteiger partial charge in [0.05, 0.1) is 18.0 Å². The Morgan fingerprint density at radius 3 is 2.58 bits per heavy atom. The molecule has 3 rings (SSSR count). The van der Waals surface area contributed by atoms with Gasteiger partial charge in [-0.3, -0.25) is 13.9 Å². The quantitative estimate of drug-likeness (QED) is 0.296. The van der Waals surface area contributed by atoms with Crippen LogP contribution in [0.4, 0.5) is 14.6 Å². The maximum Gasteiger partial charge on any atom is 0.459 e. The van der Waals surface area contributed by atoms with E-state index < -0.39 is 60.8 Å². The van der Waals surface area contributed by atoms with E-state index in [9.17, 15) is 28.0 Å². The summed E-state index contributed by atoms with van der Waals surface area (Å²) in [5.41, 5.74) is 4.41. The van der Waals surface area contributed by atoms with Crippen molar-refractivity contribution in [1.82, 2.24) is 14.6 Å². The highest BCUT2D eigenvalue weighted by molar-refractivity contribution is 8.00. The van der Waals surface area contributed by atoms with E-state index in [1.807, 2.05) is 0 Å². The molecule has 36 heavy (non-hydrogen) atoms. The number of carbonyl (C=O) groups excluding carboxylic acids is 1. The van der Waals surface area contributed by atoms with Crippen molar-refractivity contribution in [2.75, 3.05) is 12.3 Å². The molecule has 0 aliphatic carbocycles. The molecule has 1 aromatic heterocycles. The molecule has 2 heterocycles. The summed E-state index contributed by atoms with van der Waals surface area (Å²) in [7, 11) is -4.34. The summed E-state index contributed by atoms with van der Waals surface area (Å²) in [5.74, 6) is -4.51. The zero-order chi connectivity index (χ0) is 26.7. The first-order chi connectivity index (χ1) is 16.8. The molecule has 1 saturated heterocycles. The molecule has 1 aliphatic heterocycles. The van der Waals surface area contributed by atoms with Crippen LogP contribution in [0.1, 0.15) is 26.1 Å². The highest BCUT2D eigenvalue weighted by Gasteiger charge is 2.59. The maximum absolute atomic E-state index is 14.9. The normalized spacial score (nSPS) is 23.7. The Bertz CT molecular complexity index is 1170. The second-order valence-corrected chi connectivity index (χ2v) is 11.2. The third-order valence-electron chi connectivity index (χ3n) is 4.92. The number of ether oxygens (including phenoxy) is 1. The van der Waals surface area contributed by atoms with Crippen LogP contribution in [0.5, 0.6) is 5.75 Å². The molecule has 198 valence electrons. The molecule has 1 aromatic carbocycles. The van der Waals surface area contributed by atoms with Crippen molar-refractivity contribution in [3.63, 3.8) is 0 Å². The number of halogens is 2. The molecular formula is C21H27F2N4O7PS. The van der Waals surface area contributed by atoms with E-state index in [0.29, 0.717) is 16.3 Å². The molecular weight excluding hydrogens is 521 g/mol. The van der Waals surface area contributed by atoms with E-state index in [1.54, 1.807) is 32.0 Å². The molecule has 0 bridgehead atoms. The Kier molecular flexibility index (Phi) is 8.78. The van der Waals surface area contributed by atoms with E-state index in [4.69, 9.17) is 19.5 Å². The van der Waals surface area contributed by atoms with Gasteiger partial charge in [0.25, 0.3) is 0 Å².